The number of allylic oxidation sites excluding steroid dienone is 6. The van der Waals surface area contributed by atoms with Gasteiger partial charge in [0.15, 0.2) is 22.8 Å². The minimum absolute atomic E-state index is 0.0469. The predicted octanol–water partition coefficient (Wildman–Crippen LogP) is 7.47. The van der Waals surface area contributed by atoms with Crippen molar-refractivity contribution in [1.82, 2.24) is 0 Å². The van der Waals surface area contributed by atoms with Crippen LogP contribution in [-0.4, -0.2) is 47.9 Å². The maximum absolute atomic E-state index is 14.6. The molecule has 4 unspecified atom stereocenters. The Morgan fingerprint density at radius 2 is 1.00 bits per heavy atom. The number of ketones is 4. The molecule has 6 rings (SSSR count). The van der Waals surface area contributed by atoms with Gasteiger partial charge in [0.2, 0.25) is 11.6 Å². The number of hydrogen-bond acceptors (Lipinski definition) is 9. The maximum atomic E-state index is 14.6. The molecular formula is C42H46O9. The summed E-state index contributed by atoms with van der Waals surface area (Å²) in [7, 11) is 0. The Morgan fingerprint density at radius 3 is 1.33 bits per heavy atom. The first-order valence-corrected chi connectivity index (χ1v) is 18.0. The lowest BCUT2D eigenvalue weighted by atomic mass is 9.85. The van der Waals surface area contributed by atoms with Crippen LogP contribution in [0.25, 0.3) is 0 Å². The van der Waals surface area contributed by atoms with Crippen LogP contribution < -0.4 is 9.47 Å². The molecule has 0 N–H and O–H groups in total. The van der Waals surface area contributed by atoms with Crippen LogP contribution in [0.15, 0.2) is 96.1 Å². The van der Waals surface area contributed by atoms with Crippen molar-refractivity contribution in [3.8, 4) is 11.5 Å². The Bertz CT molecular complexity index is 1670. The summed E-state index contributed by atoms with van der Waals surface area (Å²) in [6, 6.07) is 14.6. The molecule has 4 aliphatic rings. The van der Waals surface area contributed by atoms with E-state index in [2.05, 4.69) is 13.8 Å². The lowest BCUT2D eigenvalue weighted by molar-refractivity contribution is -0.175. The van der Waals surface area contributed by atoms with Gasteiger partial charge in [0.05, 0.1) is 13.2 Å². The van der Waals surface area contributed by atoms with Crippen LogP contribution in [0.5, 0.6) is 11.5 Å². The summed E-state index contributed by atoms with van der Waals surface area (Å²) >= 11 is 0. The zero-order valence-electron chi connectivity index (χ0n) is 29.8. The normalized spacial score (nSPS) is 27.8. The molecule has 0 saturated carbocycles. The average Bonchev–Trinajstić information content (AvgIpc) is 3.98. The molecule has 9 heteroatoms. The smallest absolute Gasteiger partial charge is 0.271 e. The minimum atomic E-state index is -2.00. The van der Waals surface area contributed by atoms with Crippen molar-refractivity contribution in [2.24, 2.45) is 0 Å². The summed E-state index contributed by atoms with van der Waals surface area (Å²) in [5, 5.41) is 0. The summed E-state index contributed by atoms with van der Waals surface area (Å²) in [6.07, 6.45) is 15.0. The molecule has 2 aromatic carbocycles. The number of Topliss-reactive ketones (excluding diaryl/α,β-unsaturated/α-hetero) is 2. The van der Waals surface area contributed by atoms with Crippen LogP contribution in [0.4, 0.5) is 0 Å². The van der Waals surface area contributed by atoms with Gasteiger partial charge in [-0.1, -0.05) is 75.9 Å². The van der Waals surface area contributed by atoms with Gasteiger partial charge in [0.25, 0.3) is 11.6 Å². The third kappa shape index (κ3) is 6.95. The topological polar surface area (TPSA) is 121 Å². The predicted molar refractivity (Wildman–Crippen MR) is 190 cm³/mol. The van der Waals surface area contributed by atoms with Crippen molar-refractivity contribution < 1.29 is 42.9 Å². The summed E-state index contributed by atoms with van der Waals surface area (Å²) in [4.78, 5) is 53.2. The number of ether oxygens (including phenoxy) is 5. The Hall–Kier alpha value is -4.44. The SMILES string of the molecule is CCCCCOc1ccc(C2(C)OC2(OC2(C(=O)C3=CCC(=O)C=C3)OC2(C)c2ccc(OCCCCC)cc2)C(=O)C2=CCC(=O)C=C2)cc1. The molecule has 0 amide bonds. The molecule has 0 radical (unpaired) electrons. The molecule has 0 bridgehead atoms. The molecule has 268 valence electrons. The van der Waals surface area contributed by atoms with Gasteiger partial charge in [-0.2, -0.15) is 0 Å². The van der Waals surface area contributed by atoms with Gasteiger partial charge < -0.3 is 18.9 Å². The van der Waals surface area contributed by atoms with E-state index in [0.717, 1.165) is 38.5 Å². The summed E-state index contributed by atoms with van der Waals surface area (Å²) < 4.78 is 31.4. The van der Waals surface area contributed by atoms with Crippen LogP contribution in [0.3, 0.4) is 0 Å². The highest BCUT2D eigenvalue weighted by Gasteiger charge is 2.84. The van der Waals surface area contributed by atoms with E-state index in [4.69, 9.17) is 23.7 Å². The van der Waals surface area contributed by atoms with E-state index in [0.29, 0.717) is 35.8 Å². The number of epoxide rings is 2. The van der Waals surface area contributed by atoms with Crippen molar-refractivity contribution in [2.45, 2.75) is 102 Å². The molecule has 4 atom stereocenters. The lowest BCUT2D eigenvalue weighted by Gasteiger charge is -2.25. The number of carbonyl (C=O) groups is 4. The van der Waals surface area contributed by atoms with E-state index in [9.17, 15) is 19.2 Å². The molecular weight excluding hydrogens is 648 g/mol. The monoisotopic (exact) mass is 694 g/mol. The highest BCUT2D eigenvalue weighted by molar-refractivity contribution is 6.11. The molecule has 0 spiro atoms. The van der Waals surface area contributed by atoms with Crippen molar-refractivity contribution in [2.75, 3.05) is 13.2 Å². The molecule has 2 heterocycles. The molecule has 2 aliphatic heterocycles. The molecule has 9 nitrogen and oxygen atoms in total. The zero-order valence-corrected chi connectivity index (χ0v) is 29.8. The van der Waals surface area contributed by atoms with Gasteiger partial charge in [-0.3, -0.25) is 23.9 Å². The van der Waals surface area contributed by atoms with E-state index in [1.807, 2.05) is 48.5 Å². The fourth-order valence-corrected chi connectivity index (χ4v) is 6.68. The largest absolute Gasteiger partial charge is 0.494 e. The molecule has 2 aromatic rings. The van der Waals surface area contributed by atoms with Gasteiger partial charge in [0, 0.05) is 24.0 Å². The second kappa shape index (κ2) is 14.7. The maximum Gasteiger partial charge on any atom is 0.271 e. The third-order valence-corrected chi connectivity index (χ3v) is 10.1. The molecule has 2 aliphatic carbocycles. The molecule has 51 heavy (non-hydrogen) atoms. The van der Waals surface area contributed by atoms with E-state index >= 15 is 0 Å². The fraction of sp³-hybridized carbons (Fsp3) is 0.429. The molecule has 2 fully saturated rings. The van der Waals surface area contributed by atoms with E-state index < -0.39 is 34.3 Å². The van der Waals surface area contributed by atoms with Crippen LogP contribution in [0, 0.1) is 0 Å². The zero-order chi connectivity index (χ0) is 36.3. The van der Waals surface area contributed by atoms with Gasteiger partial charge in [0.1, 0.15) is 11.5 Å². The Balaban J connectivity index is 1.36. The Labute approximate surface area is 299 Å². The second-order valence-electron chi connectivity index (χ2n) is 13.8. The summed E-state index contributed by atoms with van der Waals surface area (Å²) in [5.41, 5.74) is -0.971. The van der Waals surface area contributed by atoms with Crippen LogP contribution in [-0.2, 0) is 44.6 Å². The van der Waals surface area contributed by atoms with Crippen LogP contribution in [0.1, 0.15) is 90.2 Å². The van der Waals surface area contributed by atoms with Gasteiger partial charge >= 0.3 is 0 Å². The number of unbranched alkanes of at least 4 members (excludes halogenated alkanes) is 4. The number of benzene rings is 2. The average molecular weight is 695 g/mol. The van der Waals surface area contributed by atoms with E-state index in [-0.39, 0.29) is 35.6 Å². The quantitative estimate of drug-likeness (QED) is 0.116. The van der Waals surface area contributed by atoms with E-state index in [1.54, 1.807) is 26.0 Å². The van der Waals surface area contributed by atoms with Crippen molar-refractivity contribution >= 4 is 23.1 Å². The Morgan fingerprint density at radius 1 is 0.608 bits per heavy atom. The first-order chi connectivity index (χ1) is 24.5. The minimum Gasteiger partial charge on any atom is -0.494 e. The molecule has 2 saturated heterocycles. The number of rotatable bonds is 18. The standard InChI is InChI=1S/C42H46O9/c1-5-7-9-27-47-35-23-15-31(16-24-35)39(3)41(49-39,37(45)29-11-19-33(43)20-12-29)51-42(38(46)30-13-21-34(44)22-14-30)40(4,50-42)32-17-25-36(26-18-32)48-28-10-8-6-2/h11-19,21,23-26H,5-10,20,22,27-28H2,1-4H3. The van der Waals surface area contributed by atoms with Crippen molar-refractivity contribution in [3.05, 3.63) is 107 Å². The Kier molecular flexibility index (Phi) is 10.4. The van der Waals surface area contributed by atoms with Crippen LogP contribution in [0.2, 0.25) is 0 Å². The fourth-order valence-electron chi connectivity index (χ4n) is 6.68. The molecule has 0 aromatic heterocycles. The van der Waals surface area contributed by atoms with E-state index in [1.165, 1.54) is 24.3 Å². The van der Waals surface area contributed by atoms with Crippen molar-refractivity contribution in [1.29, 1.82) is 0 Å². The van der Waals surface area contributed by atoms with Crippen LogP contribution >= 0.6 is 0 Å². The first-order valence-electron chi connectivity index (χ1n) is 18.0. The highest BCUT2D eigenvalue weighted by atomic mass is 16.9. The van der Waals surface area contributed by atoms with Gasteiger partial charge in [-0.25, -0.2) is 0 Å². The van der Waals surface area contributed by atoms with Crippen molar-refractivity contribution in [3.63, 3.8) is 0 Å². The summed E-state index contributed by atoms with van der Waals surface area (Å²) in [6.45, 7) is 8.93. The number of carbonyl (C=O) groups excluding carboxylic acids is 4. The summed E-state index contributed by atoms with van der Waals surface area (Å²) in [5.74, 6) is -4.00. The first kappa shape index (κ1) is 36.4. The van der Waals surface area contributed by atoms with Gasteiger partial charge in [-0.05, 0) is 86.4 Å². The third-order valence-electron chi connectivity index (χ3n) is 10.1. The lowest BCUT2D eigenvalue weighted by Crippen LogP contribution is -2.46. The second-order valence-corrected chi connectivity index (χ2v) is 13.8. The van der Waals surface area contributed by atoms with Gasteiger partial charge in [-0.15, -0.1) is 0 Å². The number of hydrogen-bond donors (Lipinski definition) is 0. The highest BCUT2D eigenvalue weighted by Crippen LogP contribution is 2.67.